The summed E-state index contributed by atoms with van der Waals surface area (Å²) in [4.78, 5) is 44.5. The minimum Gasteiger partial charge on any atom is -0.465 e. The number of ether oxygens (including phenoxy) is 2. The Morgan fingerprint density at radius 1 is 1.29 bits per heavy atom. The molecule has 34 heavy (non-hydrogen) atoms. The van der Waals surface area contributed by atoms with Crippen molar-refractivity contribution in [2.75, 3.05) is 26.3 Å². The van der Waals surface area contributed by atoms with Crippen LogP contribution in [0.1, 0.15) is 59.3 Å². The van der Waals surface area contributed by atoms with Crippen LogP contribution in [0, 0.1) is 11.8 Å². The van der Waals surface area contributed by atoms with E-state index in [2.05, 4.69) is 13.2 Å². The molecule has 3 aliphatic rings. The van der Waals surface area contributed by atoms with Gasteiger partial charge >= 0.3 is 5.97 Å². The fourth-order valence-corrected chi connectivity index (χ4v) is 6.17. The van der Waals surface area contributed by atoms with Crippen molar-refractivity contribution in [1.29, 1.82) is 0 Å². The Bertz CT molecular complexity index is 813. The van der Waals surface area contributed by atoms with Gasteiger partial charge < -0.3 is 24.4 Å². The minimum absolute atomic E-state index is 0.0114. The van der Waals surface area contributed by atoms with E-state index in [1.165, 1.54) is 0 Å². The highest BCUT2D eigenvalue weighted by molar-refractivity contribution is 5.98. The van der Waals surface area contributed by atoms with Gasteiger partial charge in [0.15, 0.2) is 0 Å². The van der Waals surface area contributed by atoms with Crippen LogP contribution in [-0.2, 0) is 23.9 Å². The third kappa shape index (κ3) is 4.19. The van der Waals surface area contributed by atoms with Gasteiger partial charge in [-0.1, -0.05) is 19.1 Å². The number of carbonyl (C=O) groups excluding carboxylic acids is 3. The molecular formula is C26H40N2O6. The lowest BCUT2D eigenvalue weighted by Crippen LogP contribution is -2.57. The molecule has 0 saturated carbocycles. The first kappa shape index (κ1) is 26.4. The standard InChI is InChI=1S/C26H40N2O6/c1-6-9-17-33-24(32)20-19-22(30)28(15-10-11-16-29)21(23(31)27(14-7-2)18(4)5)26(19)13-12-25(20,8-3)34-26/h6-7,18-21,29H,1-2,8-17H2,3-5H3/t19-,20+,21?,25-,26?/m0/s1. The zero-order chi connectivity index (χ0) is 25.1. The van der Waals surface area contributed by atoms with E-state index in [-0.39, 0.29) is 31.1 Å². The van der Waals surface area contributed by atoms with Gasteiger partial charge in [0.1, 0.15) is 17.6 Å². The Kier molecular flexibility index (Phi) is 8.24. The predicted molar refractivity (Wildman–Crippen MR) is 128 cm³/mol. The number of esters is 1. The van der Waals surface area contributed by atoms with Gasteiger partial charge in [-0.2, -0.15) is 0 Å². The van der Waals surface area contributed by atoms with Crippen LogP contribution < -0.4 is 0 Å². The van der Waals surface area contributed by atoms with Gasteiger partial charge in [0.2, 0.25) is 11.8 Å². The van der Waals surface area contributed by atoms with Crippen LogP contribution in [-0.4, -0.2) is 82.3 Å². The molecule has 0 aromatic heterocycles. The third-order valence-corrected chi connectivity index (χ3v) is 7.77. The Morgan fingerprint density at radius 2 is 2.03 bits per heavy atom. The molecule has 8 heteroatoms. The molecule has 3 heterocycles. The number of nitrogens with zero attached hydrogens (tertiary/aromatic N) is 2. The summed E-state index contributed by atoms with van der Waals surface area (Å²) in [6.45, 7) is 14.2. The maximum Gasteiger partial charge on any atom is 0.312 e. The molecule has 3 fully saturated rings. The first-order valence-corrected chi connectivity index (χ1v) is 12.5. The van der Waals surface area contributed by atoms with Crippen LogP contribution in [0.2, 0.25) is 0 Å². The monoisotopic (exact) mass is 476 g/mol. The van der Waals surface area contributed by atoms with Gasteiger partial charge in [-0.05, 0) is 52.4 Å². The summed E-state index contributed by atoms with van der Waals surface area (Å²) in [5.74, 6) is -2.33. The molecule has 0 aromatic rings. The number of rotatable bonds is 13. The lowest BCUT2D eigenvalue weighted by molar-refractivity contribution is -0.162. The number of aliphatic hydroxyl groups excluding tert-OH is 1. The fraction of sp³-hybridized carbons (Fsp3) is 0.731. The number of fused-ring (bicyclic) bond motifs is 1. The number of unbranched alkanes of at least 4 members (excludes halogenated alkanes) is 1. The second kappa shape index (κ2) is 10.6. The van der Waals surface area contributed by atoms with Crippen molar-refractivity contribution in [3.8, 4) is 0 Å². The SMILES string of the molecule is C=CCCOC(=O)[C@H]1[C@H]2C(=O)N(CCCCO)C(C(=O)N(CC=C)C(C)C)C23CC[C@]1(CC)O3. The fourth-order valence-electron chi connectivity index (χ4n) is 6.17. The largest absolute Gasteiger partial charge is 0.465 e. The van der Waals surface area contributed by atoms with Gasteiger partial charge in [0, 0.05) is 25.7 Å². The molecule has 8 nitrogen and oxygen atoms in total. The molecule has 2 bridgehead atoms. The first-order chi connectivity index (χ1) is 16.2. The Balaban J connectivity index is 2.04. The van der Waals surface area contributed by atoms with Crippen LogP contribution in [0.15, 0.2) is 25.3 Å². The number of carbonyl (C=O) groups is 3. The smallest absolute Gasteiger partial charge is 0.312 e. The van der Waals surface area contributed by atoms with Gasteiger partial charge in [0.05, 0.1) is 18.1 Å². The second-order valence-corrected chi connectivity index (χ2v) is 9.91. The molecule has 0 radical (unpaired) electrons. The van der Waals surface area contributed by atoms with E-state index in [1.54, 1.807) is 22.0 Å². The quantitative estimate of drug-likeness (QED) is 0.249. The number of likely N-dealkylation sites (tertiary alicyclic amines) is 1. The van der Waals surface area contributed by atoms with Crippen molar-refractivity contribution in [3.05, 3.63) is 25.3 Å². The average molecular weight is 477 g/mol. The van der Waals surface area contributed by atoms with Gasteiger partial charge in [-0.3, -0.25) is 14.4 Å². The van der Waals surface area contributed by atoms with Crippen molar-refractivity contribution in [3.63, 3.8) is 0 Å². The summed E-state index contributed by atoms with van der Waals surface area (Å²) < 4.78 is 12.3. The first-order valence-electron chi connectivity index (χ1n) is 12.5. The lowest BCUT2D eigenvalue weighted by atomic mass is 9.65. The Hall–Kier alpha value is -2.19. The highest BCUT2D eigenvalue weighted by atomic mass is 16.6. The van der Waals surface area contributed by atoms with Crippen LogP contribution in [0.4, 0.5) is 0 Å². The predicted octanol–water partition coefficient (Wildman–Crippen LogP) is 2.46. The molecule has 0 aliphatic carbocycles. The summed E-state index contributed by atoms with van der Waals surface area (Å²) in [6, 6.07) is -0.904. The van der Waals surface area contributed by atoms with E-state index in [9.17, 15) is 19.5 Å². The number of amides is 2. The molecular weight excluding hydrogens is 436 g/mol. The summed E-state index contributed by atoms with van der Waals surface area (Å²) >= 11 is 0. The van der Waals surface area contributed by atoms with E-state index in [0.717, 1.165) is 0 Å². The normalized spacial score (nSPS) is 31.6. The van der Waals surface area contributed by atoms with E-state index in [0.29, 0.717) is 51.6 Å². The minimum atomic E-state index is -1.06. The highest BCUT2D eigenvalue weighted by Gasteiger charge is 2.79. The number of hydrogen-bond donors (Lipinski definition) is 1. The number of aliphatic hydroxyl groups is 1. The molecule has 3 saturated heterocycles. The van der Waals surface area contributed by atoms with E-state index < -0.39 is 35.0 Å². The molecule has 1 spiro atoms. The van der Waals surface area contributed by atoms with Crippen molar-refractivity contribution in [1.82, 2.24) is 9.80 Å². The highest BCUT2D eigenvalue weighted by Crippen LogP contribution is 2.64. The van der Waals surface area contributed by atoms with Crippen LogP contribution in [0.3, 0.4) is 0 Å². The van der Waals surface area contributed by atoms with E-state index >= 15 is 0 Å². The zero-order valence-electron chi connectivity index (χ0n) is 20.8. The van der Waals surface area contributed by atoms with E-state index in [4.69, 9.17) is 9.47 Å². The maximum atomic E-state index is 14.0. The third-order valence-electron chi connectivity index (χ3n) is 7.77. The van der Waals surface area contributed by atoms with Crippen molar-refractivity contribution in [2.45, 2.75) is 82.6 Å². The van der Waals surface area contributed by atoms with Gasteiger partial charge in [-0.15, -0.1) is 13.2 Å². The van der Waals surface area contributed by atoms with E-state index in [1.807, 2.05) is 20.8 Å². The lowest BCUT2D eigenvalue weighted by Gasteiger charge is -2.38. The van der Waals surface area contributed by atoms with Crippen molar-refractivity contribution >= 4 is 17.8 Å². The maximum absolute atomic E-state index is 14.0. The molecule has 5 atom stereocenters. The van der Waals surface area contributed by atoms with Crippen LogP contribution in [0.5, 0.6) is 0 Å². The molecule has 3 aliphatic heterocycles. The van der Waals surface area contributed by atoms with Gasteiger partial charge in [-0.25, -0.2) is 0 Å². The zero-order valence-corrected chi connectivity index (χ0v) is 20.8. The summed E-state index contributed by atoms with van der Waals surface area (Å²) in [7, 11) is 0. The molecule has 2 unspecified atom stereocenters. The second-order valence-electron chi connectivity index (χ2n) is 9.91. The summed E-state index contributed by atoms with van der Waals surface area (Å²) in [5.41, 5.74) is -1.86. The van der Waals surface area contributed by atoms with Gasteiger partial charge in [0.25, 0.3) is 0 Å². The topological polar surface area (TPSA) is 96.4 Å². The van der Waals surface area contributed by atoms with Crippen LogP contribution >= 0.6 is 0 Å². The molecule has 0 aromatic carbocycles. The molecule has 3 rings (SSSR count). The molecule has 1 N–H and O–H groups in total. The molecule has 190 valence electrons. The Labute approximate surface area is 202 Å². The van der Waals surface area contributed by atoms with Crippen molar-refractivity contribution < 1.29 is 29.0 Å². The Morgan fingerprint density at radius 3 is 2.62 bits per heavy atom. The van der Waals surface area contributed by atoms with Crippen molar-refractivity contribution in [2.24, 2.45) is 11.8 Å². The molecule has 2 amide bonds. The average Bonchev–Trinajstić information content (AvgIpc) is 3.41. The summed E-state index contributed by atoms with van der Waals surface area (Å²) in [6.07, 6.45) is 6.68. The number of hydrogen-bond acceptors (Lipinski definition) is 6. The van der Waals surface area contributed by atoms with Crippen LogP contribution in [0.25, 0.3) is 0 Å². The summed E-state index contributed by atoms with van der Waals surface area (Å²) in [5, 5.41) is 9.28.